The number of carbonyl (C=O) groups is 8. The standard InChI is InChI=1S/C38H46B2Cl4N6O12/c1-19(2)11-29(49-31(51)17-47-35(55)23-13-21(41)5-7-25(23)43)39-59-27(15-33(53)61-39)37(57)45-9-10-46-38(58)28-16-34(54)62-40(60-28)30(12-20(3)4)50-32(52)18-48-36(56)24-14-22(42)6-8-26(24)44/h5-8,13-14,19-20,27-30H,9-12,15-18H2,1-4H3,(H,45,57)(H,46,58)(H,47,55)(H,48,56)(H,49,51)(H,50,52)/t27-,28-,29+,30?/m1/s1. The Labute approximate surface area is 378 Å². The van der Waals surface area contributed by atoms with Crippen molar-refractivity contribution in [2.45, 2.75) is 77.5 Å². The van der Waals surface area contributed by atoms with Crippen LogP contribution in [0.4, 0.5) is 0 Å². The molecule has 0 radical (unpaired) electrons. The number of rotatable bonds is 19. The van der Waals surface area contributed by atoms with Crippen molar-refractivity contribution < 1.29 is 57.0 Å². The average molecular weight is 942 g/mol. The molecule has 2 aromatic rings. The minimum atomic E-state index is -1.34. The topological polar surface area (TPSA) is 246 Å². The van der Waals surface area contributed by atoms with E-state index < -0.39 is 112 Å². The smallest absolute Gasteiger partial charge is 0.508 e. The molecule has 2 saturated heterocycles. The third kappa shape index (κ3) is 15.6. The molecule has 1 unspecified atom stereocenters. The highest BCUT2D eigenvalue weighted by molar-refractivity contribution is 6.50. The third-order valence-electron chi connectivity index (χ3n) is 9.07. The lowest BCUT2D eigenvalue weighted by atomic mass is 9.72. The predicted octanol–water partition coefficient (Wildman–Crippen LogP) is 2.47. The quantitative estimate of drug-likeness (QED) is 0.0879. The maximum atomic E-state index is 13.1. The SMILES string of the molecule is CC(C)CC(NC(=O)CNC(=O)c1cc(Cl)ccc1Cl)B1OC(=O)C[C@H](C(=O)NCCNC(=O)[C@H]2CC(=O)OB([C@H](CC(C)C)NC(=O)CNC(=O)c3cc(Cl)ccc3Cl)O2)O1. The molecule has 6 N–H and O–H groups in total. The van der Waals surface area contributed by atoms with Gasteiger partial charge in [-0.1, -0.05) is 74.1 Å². The first-order chi connectivity index (χ1) is 29.3. The second-order valence-electron chi connectivity index (χ2n) is 15.2. The molecule has 2 aromatic carbocycles. The number of nitrogens with one attached hydrogen (secondary N) is 6. The zero-order valence-corrected chi connectivity index (χ0v) is 37.2. The molecule has 0 aliphatic carbocycles. The number of hydrogen-bond donors (Lipinski definition) is 6. The molecule has 18 nitrogen and oxygen atoms in total. The van der Waals surface area contributed by atoms with Crippen molar-refractivity contribution >= 4 is 108 Å². The second kappa shape index (κ2) is 23.7. The molecular formula is C38H46B2Cl4N6O12. The largest absolute Gasteiger partial charge is 0.551 e. The molecule has 0 saturated carbocycles. The minimum absolute atomic E-state index is 0.0221. The average Bonchev–Trinajstić information content (AvgIpc) is 3.20. The van der Waals surface area contributed by atoms with E-state index in [1.807, 2.05) is 27.7 Å². The summed E-state index contributed by atoms with van der Waals surface area (Å²) in [6.07, 6.45) is -2.91. The fourth-order valence-corrected chi connectivity index (χ4v) is 7.01. The van der Waals surface area contributed by atoms with Gasteiger partial charge in [0.1, 0.15) is 12.2 Å². The summed E-state index contributed by atoms with van der Waals surface area (Å²) in [6.45, 7) is 6.29. The van der Waals surface area contributed by atoms with Crippen LogP contribution in [0.5, 0.6) is 0 Å². The van der Waals surface area contributed by atoms with Gasteiger partial charge in [-0.2, -0.15) is 0 Å². The van der Waals surface area contributed by atoms with Crippen molar-refractivity contribution in [2.75, 3.05) is 26.2 Å². The Balaban J connectivity index is 1.26. The van der Waals surface area contributed by atoms with Gasteiger partial charge in [-0.05, 0) is 61.1 Å². The van der Waals surface area contributed by atoms with Crippen LogP contribution in [0.1, 0.15) is 74.1 Å². The highest BCUT2D eigenvalue weighted by Gasteiger charge is 2.45. The number of amides is 6. The summed E-state index contributed by atoms with van der Waals surface area (Å²) >= 11 is 24.1. The summed E-state index contributed by atoms with van der Waals surface area (Å²) in [7, 11) is -2.69. The predicted molar refractivity (Wildman–Crippen MR) is 229 cm³/mol. The molecule has 4 atom stereocenters. The minimum Gasteiger partial charge on any atom is -0.508 e. The number of halogens is 4. The Morgan fingerprint density at radius 2 is 0.984 bits per heavy atom. The van der Waals surface area contributed by atoms with Gasteiger partial charge < -0.3 is 50.5 Å². The van der Waals surface area contributed by atoms with Gasteiger partial charge in [0.2, 0.25) is 23.6 Å². The van der Waals surface area contributed by atoms with E-state index in [-0.39, 0.29) is 69.0 Å². The monoisotopic (exact) mass is 940 g/mol. The van der Waals surface area contributed by atoms with Crippen LogP contribution in [-0.2, 0) is 47.4 Å². The maximum Gasteiger partial charge on any atom is 0.551 e. The van der Waals surface area contributed by atoms with Gasteiger partial charge in [0.25, 0.3) is 23.8 Å². The molecule has 2 fully saturated rings. The fourth-order valence-electron chi connectivity index (χ4n) is 6.26. The van der Waals surface area contributed by atoms with Crippen LogP contribution in [0.25, 0.3) is 0 Å². The van der Waals surface area contributed by atoms with Gasteiger partial charge >= 0.3 is 14.2 Å². The van der Waals surface area contributed by atoms with Crippen molar-refractivity contribution in [1.29, 1.82) is 0 Å². The Hall–Kier alpha value is -4.59. The van der Waals surface area contributed by atoms with Crippen molar-refractivity contribution in [3.05, 3.63) is 67.6 Å². The van der Waals surface area contributed by atoms with Crippen molar-refractivity contribution in [3.63, 3.8) is 0 Å². The summed E-state index contributed by atoms with van der Waals surface area (Å²) in [5, 5.41) is 16.3. The molecule has 0 bridgehead atoms. The first-order valence-electron chi connectivity index (χ1n) is 19.6. The van der Waals surface area contributed by atoms with E-state index in [9.17, 15) is 38.4 Å². The van der Waals surface area contributed by atoms with E-state index in [1.165, 1.54) is 36.4 Å². The highest BCUT2D eigenvalue weighted by Crippen LogP contribution is 2.23. The van der Waals surface area contributed by atoms with E-state index >= 15 is 0 Å². The molecule has 0 spiro atoms. The van der Waals surface area contributed by atoms with Crippen LogP contribution >= 0.6 is 46.4 Å². The fraction of sp³-hybridized carbons (Fsp3) is 0.474. The van der Waals surface area contributed by atoms with Crippen molar-refractivity contribution in [3.8, 4) is 0 Å². The van der Waals surface area contributed by atoms with Crippen LogP contribution in [0, 0.1) is 11.8 Å². The summed E-state index contributed by atoms with van der Waals surface area (Å²) < 4.78 is 22.4. The molecular weight excluding hydrogens is 896 g/mol. The molecule has 2 aliphatic heterocycles. The Bertz CT molecular complexity index is 1880. The van der Waals surface area contributed by atoms with Gasteiger partial charge in [0.15, 0.2) is 0 Å². The van der Waals surface area contributed by atoms with E-state index in [1.54, 1.807) is 0 Å². The van der Waals surface area contributed by atoms with E-state index in [2.05, 4.69) is 31.9 Å². The van der Waals surface area contributed by atoms with E-state index in [4.69, 9.17) is 65.0 Å². The molecule has 2 heterocycles. The number of hydrogen-bond acceptors (Lipinski definition) is 12. The van der Waals surface area contributed by atoms with Gasteiger partial charge in [0, 0.05) is 23.1 Å². The van der Waals surface area contributed by atoms with Gasteiger partial charge in [-0.25, -0.2) is 0 Å². The van der Waals surface area contributed by atoms with Crippen LogP contribution in [0.2, 0.25) is 20.1 Å². The Morgan fingerprint density at radius 3 is 1.34 bits per heavy atom. The van der Waals surface area contributed by atoms with Gasteiger partial charge in [-0.3, -0.25) is 38.4 Å². The Morgan fingerprint density at radius 1 is 0.613 bits per heavy atom. The zero-order valence-electron chi connectivity index (χ0n) is 34.2. The summed E-state index contributed by atoms with van der Waals surface area (Å²) in [4.78, 5) is 103. The summed E-state index contributed by atoms with van der Waals surface area (Å²) in [6, 6.07) is 8.62. The molecule has 334 valence electrons. The maximum absolute atomic E-state index is 13.1. The van der Waals surface area contributed by atoms with Crippen molar-refractivity contribution in [1.82, 2.24) is 31.9 Å². The zero-order chi connectivity index (χ0) is 45.7. The lowest BCUT2D eigenvalue weighted by molar-refractivity contribution is -0.149. The van der Waals surface area contributed by atoms with Crippen molar-refractivity contribution in [2.24, 2.45) is 11.8 Å². The van der Waals surface area contributed by atoms with E-state index in [0.29, 0.717) is 0 Å². The van der Waals surface area contributed by atoms with Crippen LogP contribution in [0.3, 0.4) is 0 Å². The third-order valence-corrected chi connectivity index (χ3v) is 10.2. The molecule has 62 heavy (non-hydrogen) atoms. The molecule has 24 heteroatoms. The Kier molecular flexibility index (Phi) is 19.2. The number of benzene rings is 2. The number of carbonyl (C=O) groups excluding carboxylic acids is 8. The first-order valence-corrected chi connectivity index (χ1v) is 21.1. The lowest BCUT2D eigenvalue weighted by Gasteiger charge is -2.32. The molecule has 2 aliphatic rings. The second-order valence-corrected chi connectivity index (χ2v) is 16.9. The van der Waals surface area contributed by atoms with Crippen LogP contribution in [-0.4, -0.2) is 112 Å². The van der Waals surface area contributed by atoms with E-state index in [0.717, 1.165) is 0 Å². The summed E-state index contributed by atoms with van der Waals surface area (Å²) in [5.41, 5.74) is 0.141. The normalized spacial score (nSPS) is 17.3. The van der Waals surface area contributed by atoms with Gasteiger partial charge in [-0.15, -0.1) is 0 Å². The summed E-state index contributed by atoms with van der Waals surface area (Å²) in [5.74, 6) is -7.28. The first kappa shape index (κ1) is 50.1. The lowest BCUT2D eigenvalue weighted by Crippen LogP contribution is -2.58. The molecule has 6 amide bonds. The molecule has 0 aromatic heterocycles. The van der Waals surface area contributed by atoms with Crippen LogP contribution in [0.15, 0.2) is 36.4 Å². The molecule has 4 rings (SSSR count). The van der Waals surface area contributed by atoms with Gasteiger partial charge in [0.05, 0.1) is 59.0 Å². The van der Waals surface area contributed by atoms with Crippen LogP contribution < -0.4 is 31.9 Å². The highest BCUT2D eigenvalue weighted by atomic mass is 35.5.